The van der Waals surface area contributed by atoms with Gasteiger partial charge in [0.25, 0.3) is 0 Å². The summed E-state index contributed by atoms with van der Waals surface area (Å²) in [6.45, 7) is 1.62. The lowest BCUT2D eigenvalue weighted by Gasteiger charge is -2.15. The third-order valence-corrected chi connectivity index (χ3v) is 4.93. The number of halogens is 1. The third-order valence-electron chi connectivity index (χ3n) is 4.93. The van der Waals surface area contributed by atoms with Gasteiger partial charge >= 0.3 is 5.97 Å². The first-order valence-electron chi connectivity index (χ1n) is 8.13. The van der Waals surface area contributed by atoms with Crippen molar-refractivity contribution < 1.29 is 14.3 Å². The molecule has 1 aliphatic heterocycles. The number of hydrogen-bond donors (Lipinski definition) is 1. The Morgan fingerprint density at radius 1 is 1.38 bits per heavy atom. The van der Waals surface area contributed by atoms with Gasteiger partial charge in [0.15, 0.2) is 0 Å². The molecule has 126 valence electrons. The number of hydrogen-bond acceptors (Lipinski definition) is 4. The van der Waals surface area contributed by atoms with Crippen molar-refractivity contribution in [2.45, 2.75) is 31.2 Å². The van der Waals surface area contributed by atoms with Gasteiger partial charge in [-0.2, -0.15) is 0 Å². The normalized spacial score (nSPS) is 21.5. The molecule has 0 aromatic carbocycles. The van der Waals surface area contributed by atoms with Crippen LogP contribution in [0, 0.1) is 5.82 Å². The summed E-state index contributed by atoms with van der Waals surface area (Å²) in [4.78, 5) is 30.3. The van der Waals surface area contributed by atoms with Crippen LogP contribution in [0.3, 0.4) is 0 Å². The number of aromatic carboxylic acids is 1. The first kappa shape index (κ1) is 15.3. The van der Waals surface area contributed by atoms with E-state index < -0.39 is 17.2 Å². The molecule has 7 heteroatoms. The smallest absolute Gasteiger partial charge is 0.341 e. The lowest BCUT2D eigenvalue weighted by molar-refractivity contribution is 0.0695. The number of aromatic nitrogens is 2. The molecule has 6 nitrogen and oxygen atoms in total. The largest absolute Gasteiger partial charge is 0.477 e. The zero-order valence-corrected chi connectivity index (χ0v) is 13.3. The molecule has 2 fully saturated rings. The molecular weight excluding hydrogens is 313 g/mol. The molecule has 24 heavy (non-hydrogen) atoms. The second-order valence-electron chi connectivity index (χ2n) is 6.79. The van der Waals surface area contributed by atoms with E-state index in [2.05, 4.69) is 9.88 Å². The SMILES string of the molecule is CN1CCC(c2nc3c(cc2F)c(=O)c(C(=O)O)cn3C2CC2)C1. The standard InChI is InChI=1S/C17H18FN3O3/c1-20-5-4-9(7-20)14-13(18)6-11-15(22)12(17(23)24)8-21(10-2-3-10)16(11)19-14/h6,8-10H,2-5,7H2,1H3,(H,23,24). The highest BCUT2D eigenvalue weighted by molar-refractivity contribution is 5.91. The number of rotatable bonds is 3. The molecule has 0 amide bonds. The third kappa shape index (κ3) is 2.39. The Labute approximate surface area is 137 Å². The quantitative estimate of drug-likeness (QED) is 0.931. The molecule has 1 aliphatic carbocycles. The van der Waals surface area contributed by atoms with Crippen LogP contribution >= 0.6 is 0 Å². The molecule has 0 bridgehead atoms. The molecule has 1 saturated heterocycles. The fraction of sp³-hybridized carbons (Fsp3) is 0.471. The second-order valence-corrected chi connectivity index (χ2v) is 6.79. The maximum Gasteiger partial charge on any atom is 0.341 e. The number of likely N-dealkylation sites (N-methyl/N-ethyl adjacent to an activating group) is 1. The van der Waals surface area contributed by atoms with Gasteiger partial charge in [-0.15, -0.1) is 0 Å². The van der Waals surface area contributed by atoms with Gasteiger partial charge < -0.3 is 14.6 Å². The highest BCUT2D eigenvalue weighted by Crippen LogP contribution is 2.37. The van der Waals surface area contributed by atoms with Crippen LogP contribution < -0.4 is 5.43 Å². The van der Waals surface area contributed by atoms with Crippen LogP contribution in [0.25, 0.3) is 11.0 Å². The molecular formula is C17H18FN3O3. The summed E-state index contributed by atoms with van der Waals surface area (Å²) in [6.07, 6.45) is 4.02. The van der Waals surface area contributed by atoms with Crippen LogP contribution in [-0.4, -0.2) is 45.7 Å². The summed E-state index contributed by atoms with van der Waals surface area (Å²) in [5.41, 5.74) is -0.220. The highest BCUT2D eigenvalue weighted by Gasteiger charge is 2.30. The van der Waals surface area contributed by atoms with Gasteiger partial charge in [0.1, 0.15) is 17.0 Å². The maximum atomic E-state index is 14.6. The van der Waals surface area contributed by atoms with E-state index >= 15 is 0 Å². The van der Waals surface area contributed by atoms with E-state index in [1.165, 1.54) is 12.3 Å². The van der Waals surface area contributed by atoms with Gasteiger partial charge in [0.2, 0.25) is 5.43 Å². The van der Waals surface area contributed by atoms with Crippen LogP contribution in [0.1, 0.15) is 47.3 Å². The van der Waals surface area contributed by atoms with Gasteiger partial charge in [-0.1, -0.05) is 0 Å². The fourth-order valence-corrected chi connectivity index (χ4v) is 3.49. The van der Waals surface area contributed by atoms with Crippen LogP contribution in [-0.2, 0) is 0 Å². The Kier molecular flexibility index (Phi) is 3.42. The summed E-state index contributed by atoms with van der Waals surface area (Å²) < 4.78 is 16.3. The molecule has 2 aromatic rings. The molecule has 4 rings (SSSR count). The molecule has 2 aliphatic rings. The van der Waals surface area contributed by atoms with Crippen LogP contribution in [0.15, 0.2) is 17.1 Å². The molecule has 0 radical (unpaired) electrons. The zero-order valence-electron chi connectivity index (χ0n) is 13.3. The zero-order chi connectivity index (χ0) is 17.0. The van der Waals surface area contributed by atoms with E-state index in [0.717, 1.165) is 32.4 Å². The van der Waals surface area contributed by atoms with Crippen LogP contribution in [0.5, 0.6) is 0 Å². The lowest BCUT2D eigenvalue weighted by atomic mass is 10.0. The average Bonchev–Trinajstić information content (AvgIpc) is 3.28. The second kappa shape index (κ2) is 5.37. The van der Waals surface area contributed by atoms with Gasteiger partial charge in [-0.05, 0) is 38.9 Å². The number of carbonyl (C=O) groups is 1. The summed E-state index contributed by atoms with van der Waals surface area (Å²) in [7, 11) is 1.98. The Bertz CT molecular complexity index is 904. The lowest BCUT2D eigenvalue weighted by Crippen LogP contribution is -2.21. The molecule has 3 heterocycles. The van der Waals surface area contributed by atoms with E-state index in [1.807, 2.05) is 7.05 Å². The summed E-state index contributed by atoms with van der Waals surface area (Å²) in [5, 5.41) is 9.29. The van der Waals surface area contributed by atoms with Gasteiger partial charge in [0, 0.05) is 24.7 Å². The summed E-state index contributed by atoms with van der Waals surface area (Å²) in [6, 6.07) is 1.31. The van der Waals surface area contributed by atoms with Crippen molar-refractivity contribution in [2.75, 3.05) is 20.1 Å². The number of nitrogens with zero attached hydrogens (tertiary/aromatic N) is 3. The Hall–Kier alpha value is -2.28. The van der Waals surface area contributed by atoms with Gasteiger partial charge in [-0.3, -0.25) is 4.79 Å². The van der Waals surface area contributed by atoms with E-state index in [1.54, 1.807) is 4.57 Å². The Morgan fingerprint density at radius 2 is 2.12 bits per heavy atom. The Morgan fingerprint density at radius 3 is 2.71 bits per heavy atom. The molecule has 1 unspecified atom stereocenters. The molecule has 1 atom stereocenters. The molecule has 1 N–H and O–H groups in total. The number of carboxylic acid groups (broad SMARTS) is 1. The minimum Gasteiger partial charge on any atom is -0.477 e. The minimum absolute atomic E-state index is 0.00121. The van der Waals surface area contributed by atoms with Crippen molar-refractivity contribution in [3.05, 3.63) is 39.6 Å². The van der Waals surface area contributed by atoms with Crippen LogP contribution in [0.4, 0.5) is 4.39 Å². The van der Waals surface area contributed by atoms with Crippen molar-refractivity contribution in [3.8, 4) is 0 Å². The molecule has 2 aromatic heterocycles. The van der Waals surface area contributed by atoms with Gasteiger partial charge in [-0.25, -0.2) is 14.2 Å². The Balaban J connectivity index is 1.95. The minimum atomic E-state index is -1.29. The average molecular weight is 331 g/mol. The number of pyridine rings is 2. The number of fused-ring (bicyclic) bond motifs is 1. The molecule has 0 spiro atoms. The monoisotopic (exact) mass is 331 g/mol. The van der Waals surface area contributed by atoms with Gasteiger partial charge in [0.05, 0.1) is 11.1 Å². The van der Waals surface area contributed by atoms with Crippen molar-refractivity contribution in [1.29, 1.82) is 0 Å². The topological polar surface area (TPSA) is 75.4 Å². The van der Waals surface area contributed by atoms with Crippen molar-refractivity contribution in [1.82, 2.24) is 14.5 Å². The predicted octanol–water partition coefficient (Wildman–Crippen LogP) is 1.99. The van der Waals surface area contributed by atoms with E-state index in [0.29, 0.717) is 11.3 Å². The van der Waals surface area contributed by atoms with Crippen molar-refractivity contribution in [3.63, 3.8) is 0 Å². The van der Waals surface area contributed by atoms with Crippen molar-refractivity contribution >= 4 is 17.0 Å². The van der Waals surface area contributed by atoms with Crippen molar-refractivity contribution in [2.24, 2.45) is 0 Å². The predicted molar refractivity (Wildman–Crippen MR) is 86.0 cm³/mol. The van der Waals surface area contributed by atoms with Crippen LogP contribution in [0.2, 0.25) is 0 Å². The van der Waals surface area contributed by atoms with E-state index in [9.17, 15) is 19.1 Å². The maximum absolute atomic E-state index is 14.6. The first-order valence-corrected chi connectivity index (χ1v) is 8.13. The summed E-state index contributed by atoms with van der Waals surface area (Å²) >= 11 is 0. The number of carboxylic acids is 1. The van der Waals surface area contributed by atoms with E-state index in [-0.39, 0.29) is 22.9 Å². The highest BCUT2D eigenvalue weighted by atomic mass is 19.1. The van der Waals surface area contributed by atoms with E-state index in [4.69, 9.17) is 0 Å². The molecule has 1 saturated carbocycles. The fourth-order valence-electron chi connectivity index (χ4n) is 3.49. The number of likely N-dealkylation sites (tertiary alicyclic amines) is 1. The first-order chi connectivity index (χ1) is 11.5. The summed E-state index contributed by atoms with van der Waals surface area (Å²) in [5.74, 6) is -1.82.